The molecule has 8 aromatic heterocycles. The molecule has 16 aromatic rings. The SMILES string of the molecule is CC1(c2cccc(O)c2)c2ccc([nH]2)C(C)(c2cccc(O)c2)c2ccc([nH]2)C(C)(c2cccc(O)c2)c2ccc([nH]2)C(C)(c2cccc(O)c2)c2ccc1[nH]2.C[C@]12c3cccc(c3)OCOc3cccc(c3)[C@](C)(c3ccc1[nH]3)c1ccc([nH]1)[C@@]1(C)c3cccc(c3)OCOc3cccc(c3)[C@](C)(c3ccc1[nH]3)c1ccc2[nH]1. The predicted molar refractivity (Wildman–Crippen MR) is 441 cm³/mol. The summed E-state index contributed by atoms with van der Waals surface area (Å²) in [4.78, 5) is 31.5. The number of hydrogen-bond acceptors (Lipinski definition) is 8. The van der Waals surface area contributed by atoms with E-state index in [4.69, 9.17) is 18.9 Å². The van der Waals surface area contributed by atoms with Crippen molar-refractivity contribution in [3.8, 4) is 46.0 Å². The number of fused-ring (bicyclic) bond motifs is 28. The molecule has 0 atom stereocenters. The van der Waals surface area contributed by atoms with Crippen LogP contribution in [0.25, 0.3) is 0 Å². The Morgan fingerprint density at radius 2 is 0.316 bits per heavy atom. The molecule has 20 rings (SSSR count). The highest BCUT2D eigenvalue weighted by Gasteiger charge is 2.48. The van der Waals surface area contributed by atoms with Crippen molar-refractivity contribution >= 4 is 0 Å². The van der Waals surface area contributed by atoms with Gasteiger partial charge >= 0.3 is 0 Å². The van der Waals surface area contributed by atoms with E-state index >= 15 is 0 Å². The highest BCUT2D eigenvalue weighted by atomic mass is 16.7. The lowest BCUT2D eigenvalue weighted by molar-refractivity contribution is 0.119. The number of phenols is 4. The van der Waals surface area contributed by atoms with Gasteiger partial charge in [-0.05, 0) is 294 Å². The molecule has 12 N–H and O–H groups in total. The highest BCUT2D eigenvalue weighted by molar-refractivity contribution is 5.62. The van der Waals surface area contributed by atoms with Gasteiger partial charge in [-0.3, -0.25) is 0 Å². The molecule has 568 valence electrons. The fraction of sp³-hybridized carbons (Fsp3) is 0.184. The van der Waals surface area contributed by atoms with Gasteiger partial charge in [0.05, 0.1) is 43.3 Å². The van der Waals surface area contributed by atoms with Crippen LogP contribution in [0, 0.1) is 0 Å². The number of aromatic nitrogens is 8. The lowest BCUT2D eigenvalue weighted by Crippen LogP contribution is -2.32. The number of phenolic OH excluding ortho intramolecular Hbond substituents is 4. The van der Waals surface area contributed by atoms with Crippen LogP contribution in [0.15, 0.2) is 291 Å². The van der Waals surface area contributed by atoms with Gasteiger partial charge < -0.3 is 79.2 Å². The lowest BCUT2D eigenvalue weighted by atomic mass is 9.76. The summed E-state index contributed by atoms with van der Waals surface area (Å²) in [6.45, 7) is 17.9. The van der Waals surface area contributed by atoms with Gasteiger partial charge in [-0.2, -0.15) is 0 Å². The Balaban J connectivity index is 0.000000153. The number of H-pyrrole nitrogens is 8. The fourth-order valence-corrected chi connectivity index (χ4v) is 18.7. The number of rotatable bonds is 4. The third-order valence-corrected chi connectivity index (χ3v) is 26.3. The lowest BCUT2D eigenvalue weighted by Gasteiger charge is -2.34. The van der Waals surface area contributed by atoms with E-state index in [0.717, 1.165) is 159 Å². The van der Waals surface area contributed by atoms with Gasteiger partial charge in [0.2, 0.25) is 13.6 Å². The summed E-state index contributed by atoms with van der Waals surface area (Å²) >= 11 is 0. The topological polar surface area (TPSA) is 244 Å². The van der Waals surface area contributed by atoms with E-state index in [1.165, 1.54) is 0 Å². The minimum Gasteiger partial charge on any atom is -0.508 e. The van der Waals surface area contributed by atoms with Crippen molar-refractivity contribution in [3.63, 3.8) is 0 Å². The van der Waals surface area contributed by atoms with Gasteiger partial charge in [0.1, 0.15) is 46.0 Å². The zero-order valence-electron chi connectivity index (χ0n) is 64.5. The summed E-state index contributed by atoms with van der Waals surface area (Å²) in [6.07, 6.45) is 0. The van der Waals surface area contributed by atoms with E-state index in [9.17, 15) is 20.4 Å². The maximum atomic E-state index is 10.8. The van der Waals surface area contributed by atoms with Gasteiger partial charge in [-0.15, -0.1) is 0 Å². The Morgan fingerprint density at radius 1 is 0.184 bits per heavy atom. The standard InChI is InChI=1S/C50H44N4O4.C48H44N4O4/c1-47-31-9-5-13-35(25-31)55-29-56-36-14-6-10-32(26-36)48(2,40-18-17-39(47)51-40)45-23-24-46(54-45)50(4)34-12-8-16-38(28-34)58-30-57-37-15-7-11-33(27-37)49(3,41-19-20-42(50)52-41)44-22-21-43(47)53-44;1-45(29-9-5-13-33(53)25-29)37-17-19-39(49-37)46(2,30-10-6-14-34(54)26-30)41-21-23-43(51-41)48(4,32-12-8-16-36(56)28-32)44-24-22-42(52-44)47(3,40-20-18-38(45)50-40)31-11-7-15-35(55)27-31/h5-28,51-54H,29-30H2,1-4H3;5-28,49-56H,1-4H3/t47-,48+,49+,50-;. The molecular weight excluding hydrogens is 1420 g/mol. The van der Waals surface area contributed by atoms with Crippen molar-refractivity contribution in [1.29, 1.82) is 0 Å². The molecule has 0 radical (unpaired) electrons. The van der Waals surface area contributed by atoms with E-state index < -0.39 is 43.3 Å². The first-order chi connectivity index (χ1) is 55.0. The number of nitrogens with one attached hydrogen (secondary N) is 8. The Labute approximate surface area is 660 Å². The monoisotopic (exact) mass is 1500 g/mol. The molecule has 4 aliphatic heterocycles. The van der Waals surface area contributed by atoms with Crippen LogP contribution in [0.5, 0.6) is 46.0 Å². The Morgan fingerprint density at radius 3 is 0.456 bits per heavy atom. The minimum absolute atomic E-state index is 0.0722. The first-order valence-electron chi connectivity index (χ1n) is 38.7. The molecule has 0 spiro atoms. The van der Waals surface area contributed by atoms with Crippen LogP contribution < -0.4 is 18.9 Å². The third kappa shape index (κ3) is 10.8. The quantitative estimate of drug-likeness (QED) is 0.0806. The molecule has 4 aliphatic rings. The van der Waals surface area contributed by atoms with Gasteiger partial charge in [0.25, 0.3) is 0 Å². The van der Waals surface area contributed by atoms with Crippen LogP contribution in [-0.2, 0) is 43.3 Å². The van der Waals surface area contributed by atoms with Crippen LogP contribution in [-0.4, -0.2) is 73.9 Å². The van der Waals surface area contributed by atoms with Crippen LogP contribution in [0.3, 0.4) is 0 Å². The zero-order chi connectivity index (χ0) is 78.3. The summed E-state index contributed by atoms with van der Waals surface area (Å²) in [5.74, 6) is 3.57. The molecular formula is C98H88N8O8. The van der Waals surface area contributed by atoms with E-state index in [1.54, 1.807) is 48.5 Å². The summed E-state index contributed by atoms with van der Waals surface area (Å²) in [6, 6.07) is 97.6. The fourth-order valence-electron chi connectivity index (χ4n) is 18.7. The molecule has 16 nitrogen and oxygen atoms in total. The normalized spacial score (nSPS) is 23.7. The number of aromatic amines is 8. The summed E-state index contributed by atoms with van der Waals surface area (Å²) in [7, 11) is 0. The number of hydrogen-bond donors (Lipinski definition) is 12. The Hall–Kier alpha value is -13.6. The largest absolute Gasteiger partial charge is 0.508 e. The van der Waals surface area contributed by atoms with Crippen molar-refractivity contribution in [2.75, 3.05) is 13.6 Å². The average Bonchev–Trinajstić information content (AvgIpc) is 1.56. The molecule has 0 saturated heterocycles. The molecule has 8 aromatic carbocycles. The molecule has 0 saturated carbocycles. The van der Waals surface area contributed by atoms with E-state index in [0.29, 0.717) is 0 Å². The van der Waals surface area contributed by atoms with Crippen molar-refractivity contribution < 1.29 is 39.4 Å². The van der Waals surface area contributed by atoms with Crippen LogP contribution in [0.2, 0.25) is 0 Å². The third-order valence-electron chi connectivity index (χ3n) is 26.3. The van der Waals surface area contributed by atoms with Crippen molar-refractivity contribution in [3.05, 3.63) is 427 Å². The molecule has 114 heavy (non-hydrogen) atoms. The van der Waals surface area contributed by atoms with E-state index in [2.05, 4.69) is 265 Å². The van der Waals surface area contributed by atoms with Gasteiger partial charge in [0, 0.05) is 91.1 Å². The van der Waals surface area contributed by atoms with Crippen LogP contribution in [0.4, 0.5) is 0 Å². The summed E-state index contributed by atoms with van der Waals surface area (Å²) in [5.41, 5.74) is 17.4. The number of benzene rings is 8. The average molecular weight is 1510 g/mol. The summed E-state index contributed by atoms with van der Waals surface area (Å²) in [5, 5.41) is 43.3. The first-order valence-corrected chi connectivity index (χ1v) is 38.7. The maximum absolute atomic E-state index is 10.8. The van der Waals surface area contributed by atoms with Crippen LogP contribution >= 0.6 is 0 Å². The minimum atomic E-state index is -0.804. The molecule has 0 amide bonds. The van der Waals surface area contributed by atoms with Crippen molar-refractivity contribution in [1.82, 2.24) is 39.9 Å². The number of aromatic hydroxyl groups is 4. The highest BCUT2D eigenvalue weighted by Crippen LogP contribution is 2.53. The van der Waals surface area contributed by atoms with Crippen molar-refractivity contribution in [2.45, 2.75) is 98.7 Å². The second kappa shape index (κ2) is 26.0. The van der Waals surface area contributed by atoms with Crippen molar-refractivity contribution in [2.24, 2.45) is 0 Å². The summed E-state index contributed by atoms with van der Waals surface area (Å²) < 4.78 is 25.2. The second-order valence-corrected chi connectivity index (χ2v) is 32.4. The molecule has 12 heterocycles. The number of ether oxygens (including phenoxy) is 4. The Kier molecular flexibility index (Phi) is 16.1. The molecule has 28 bridgehead atoms. The first kappa shape index (κ1) is 70.8. The van der Waals surface area contributed by atoms with Crippen LogP contribution in [0.1, 0.15) is 191 Å². The molecule has 0 aliphatic carbocycles. The van der Waals surface area contributed by atoms with E-state index in [1.807, 2.05) is 72.8 Å². The van der Waals surface area contributed by atoms with Gasteiger partial charge in [-0.25, -0.2) is 0 Å². The Bertz CT molecular complexity index is 5540. The second-order valence-electron chi connectivity index (χ2n) is 32.4. The smallest absolute Gasteiger partial charge is 0.230 e. The van der Waals surface area contributed by atoms with E-state index in [-0.39, 0.29) is 36.6 Å². The maximum Gasteiger partial charge on any atom is 0.230 e. The van der Waals surface area contributed by atoms with Gasteiger partial charge in [-0.1, -0.05) is 97.1 Å². The molecule has 0 unspecified atom stereocenters. The predicted octanol–water partition coefficient (Wildman–Crippen LogP) is 19.7. The van der Waals surface area contributed by atoms with Gasteiger partial charge in [0.15, 0.2) is 0 Å². The molecule has 16 heteroatoms. The molecule has 0 fully saturated rings. The zero-order valence-corrected chi connectivity index (χ0v) is 64.5.